The van der Waals surface area contributed by atoms with Crippen molar-refractivity contribution in [3.63, 3.8) is 0 Å². The molecule has 1 aliphatic heterocycles. The highest BCUT2D eigenvalue weighted by molar-refractivity contribution is 5.59. The third kappa shape index (κ3) is 3.91. The first-order valence-electron chi connectivity index (χ1n) is 11.9. The fourth-order valence-corrected chi connectivity index (χ4v) is 6.01. The van der Waals surface area contributed by atoms with Crippen LogP contribution in [-0.2, 0) is 11.2 Å². The van der Waals surface area contributed by atoms with Gasteiger partial charge in [0.05, 0.1) is 24.3 Å². The summed E-state index contributed by atoms with van der Waals surface area (Å²) in [5.41, 5.74) is 0.215. The van der Waals surface area contributed by atoms with Crippen LogP contribution in [0.4, 0.5) is 0 Å². The van der Waals surface area contributed by atoms with E-state index < -0.39 is 11.2 Å². The number of ether oxygens (including phenoxy) is 2. The van der Waals surface area contributed by atoms with Crippen molar-refractivity contribution in [2.75, 3.05) is 34.9 Å². The number of rotatable bonds is 5. The molecule has 1 saturated carbocycles. The molecule has 4 unspecified atom stereocenters. The first-order chi connectivity index (χ1) is 17.9. The van der Waals surface area contributed by atoms with E-state index in [2.05, 4.69) is 34.2 Å². The van der Waals surface area contributed by atoms with Crippen LogP contribution in [-0.4, -0.2) is 55.0 Å². The maximum Gasteiger partial charge on any atom is 0.224 e. The van der Waals surface area contributed by atoms with Gasteiger partial charge in [0, 0.05) is 31.6 Å². The van der Waals surface area contributed by atoms with Gasteiger partial charge >= 0.3 is 0 Å². The lowest BCUT2D eigenvalue weighted by atomic mass is 9.70. The Morgan fingerprint density at radius 1 is 1.08 bits per heavy atom. The van der Waals surface area contributed by atoms with Crippen LogP contribution < -0.4 is 9.47 Å². The molecular formula is C29H30N4O4. The second-order valence-corrected chi connectivity index (χ2v) is 9.45. The zero-order valence-corrected chi connectivity index (χ0v) is 21.3. The topological polar surface area (TPSA) is 123 Å². The molecule has 0 spiro atoms. The number of fused-ring (bicyclic) bond motifs is 3. The minimum absolute atomic E-state index is 0.152. The molecular weight excluding hydrogens is 468 g/mol. The lowest BCUT2D eigenvalue weighted by Crippen LogP contribution is -2.52. The van der Waals surface area contributed by atoms with Crippen molar-refractivity contribution in [3.8, 4) is 23.8 Å². The van der Waals surface area contributed by atoms with E-state index in [4.69, 9.17) is 14.6 Å². The number of aromatic nitrogens is 1. The molecule has 2 aliphatic rings. The van der Waals surface area contributed by atoms with Crippen LogP contribution in [0.5, 0.6) is 11.6 Å². The van der Waals surface area contributed by atoms with Gasteiger partial charge in [0.1, 0.15) is 23.1 Å². The van der Waals surface area contributed by atoms with Gasteiger partial charge in [-0.15, -0.1) is 0 Å². The summed E-state index contributed by atoms with van der Waals surface area (Å²) in [6.07, 6.45) is 0.654. The molecule has 2 N–H and O–H groups in total. The van der Waals surface area contributed by atoms with Crippen LogP contribution in [0.2, 0.25) is 0 Å². The second-order valence-electron chi connectivity index (χ2n) is 9.45. The van der Waals surface area contributed by atoms with Gasteiger partial charge in [0.25, 0.3) is 0 Å². The summed E-state index contributed by atoms with van der Waals surface area (Å²) < 4.78 is 12.4. The van der Waals surface area contributed by atoms with Crippen LogP contribution >= 0.6 is 0 Å². The van der Waals surface area contributed by atoms with E-state index in [1.54, 1.807) is 18.2 Å². The molecule has 0 radical (unpaired) electrons. The van der Waals surface area contributed by atoms with E-state index in [9.17, 15) is 15.6 Å². The molecule has 8 nitrogen and oxygen atoms in total. The highest BCUT2D eigenvalue weighted by Gasteiger charge is 2.73. The monoisotopic (exact) mass is 498 g/mol. The zero-order valence-electron chi connectivity index (χ0n) is 21.3. The third-order valence-corrected chi connectivity index (χ3v) is 7.31. The molecule has 0 bridgehead atoms. The Morgan fingerprint density at radius 2 is 1.76 bits per heavy atom. The van der Waals surface area contributed by atoms with Gasteiger partial charge < -0.3 is 24.6 Å². The van der Waals surface area contributed by atoms with Gasteiger partial charge in [0.2, 0.25) is 5.88 Å². The Morgan fingerprint density at radius 3 is 2.32 bits per heavy atom. The fraction of sp³-hybridized carbons (Fsp3) is 0.345. The smallest absolute Gasteiger partial charge is 0.224 e. The van der Waals surface area contributed by atoms with Crippen LogP contribution in [0.25, 0.3) is 0 Å². The summed E-state index contributed by atoms with van der Waals surface area (Å²) in [5.74, 6) is 0.136. The molecule has 5 rings (SSSR count). The highest BCUT2D eigenvalue weighted by Crippen LogP contribution is 2.70. The summed E-state index contributed by atoms with van der Waals surface area (Å²) in [6, 6.07) is 23.0. The number of nitrogens with zero attached hydrogens (tertiary/aromatic N) is 4. The number of methoxy groups -OCH3 is 1. The van der Waals surface area contributed by atoms with Crippen molar-refractivity contribution in [1.29, 1.82) is 10.5 Å². The van der Waals surface area contributed by atoms with E-state index in [0.29, 0.717) is 29.8 Å². The van der Waals surface area contributed by atoms with Crippen molar-refractivity contribution in [3.05, 3.63) is 88.6 Å². The van der Waals surface area contributed by atoms with E-state index in [0.717, 1.165) is 18.2 Å². The average molecular weight is 499 g/mol. The Balaban J connectivity index is 0.00000156. The number of nitriles is 2. The number of hydrogen-bond acceptors (Lipinski definition) is 8. The van der Waals surface area contributed by atoms with Gasteiger partial charge in [-0.3, -0.25) is 0 Å². The standard InChI is InChI=1S/C28H26N4O3.CH4O/c1-32(2)17-21-13-23(19-7-5-4-6-8-19)28(20-11-9-18(15-29)10-12-20)27(21,33)25-24(35-28)14-22(16-30)31-26(25)34-3;1-2/h4-12,14,21,23,33H,13,17H2,1-3H3;2H,1H3. The zero-order chi connectivity index (χ0) is 26.8. The quantitative estimate of drug-likeness (QED) is 0.550. The largest absolute Gasteiger partial charge is 0.481 e. The Bertz CT molecular complexity index is 1350. The molecule has 8 heteroatoms. The van der Waals surface area contributed by atoms with Crippen LogP contribution in [0, 0.1) is 28.6 Å². The van der Waals surface area contributed by atoms with Crippen molar-refractivity contribution < 1.29 is 19.7 Å². The predicted molar refractivity (Wildman–Crippen MR) is 137 cm³/mol. The van der Waals surface area contributed by atoms with Gasteiger partial charge in [-0.05, 0) is 43.8 Å². The molecule has 3 aromatic rings. The van der Waals surface area contributed by atoms with Crippen LogP contribution in [0.1, 0.15) is 40.3 Å². The maximum absolute atomic E-state index is 12.9. The van der Waals surface area contributed by atoms with Gasteiger partial charge in [-0.2, -0.15) is 10.5 Å². The molecule has 2 aromatic carbocycles. The van der Waals surface area contributed by atoms with Crippen molar-refractivity contribution in [2.45, 2.75) is 23.5 Å². The molecule has 2 heterocycles. The Kier molecular flexibility index (Phi) is 7.20. The molecule has 0 saturated heterocycles. The summed E-state index contributed by atoms with van der Waals surface area (Å²) in [5, 5.41) is 38.9. The minimum Gasteiger partial charge on any atom is -0.481 e. The summed E-state index contributed by atoms with van der Waals surface area (Å²) in [4.78, 5) is 6.43. The van der Waals surface area contributed by atoms with Crippen LogP contribution in [0.15, 0.2) is 60.7 Å². The lowest BCUT2D eigenvalue weighted by molar-refractivity contribution is -0.130. The molecule has 4 atom stereocenters. The maximum atomic E-state index is 12.9. The average Bonchev–Trinajstić information content (AvgIpc) is 3.34. The van der Waals surface area contributed by atoms with E-state index in [1.807, 2.05) is 44.4 Å². The SMILES string of the molecule is CO.COc1nc(C#N)cc2c1C1(O)C(CN(C)C)CC(c3ccccc3)C1(c1ccc(C#N)cc1)O2. The third-order valence-electron chi connectivity index (χ3n) is 7.31. The van der Waals surface area contributed by atoms with Crippen molar-refractivity contribution in [1.82, 2.24) is 9.88 Å². The molecule has 1 aromatic heterocycles. The van der Waals surface area contributed by atoms with E-state index in [-0.39, 0.29) is 23.4 Å². The number of aliphatic hydroxyl groups is 2. The number of hydrogen-bond donors (Lipinski definition) is 2. The van der Waals surface area contributed by atoms with E-state index >= 15 is 0 Å². The summed E-state index contributed by atoms with van der Waals surface area (Å²) in [7, 11) is 6.45. The lowest BCUT2D eigenvalue weighted by Gasteiger charge is -2.42. The van der Waals surface area contributed by atoms with Crippen LogP contribution in [0.3, 0.4) is 0 Å². The first-order valence-corrected chi connectivity index (χ1v) is 11.9. The normalized spacial score (nSPS) is 25.1. The fourth-order valence-electron chi connectivity index (χ4n) is 6.01. The summed E-state index contributed by atoms with van der Waals surface area (Å²) >= 11 is 0. The summed E-state index contributed by atoms with van der Waals surface area (Å²) in [6.45, 7) is 0.601. The number of aliphatic hydroxyl groups excluding tert-OH is 1. The minimum atomic E-state index is -1.51. The number of benzene rings is 2. The molecule has 37 heavy (non-hydrogen) atoms. The van der Waals surface area contributed by atoms with Gasteiger partial charge in [-0.1, -0.05) is 42.5 Å². The predicted octanol–water partition coefficient (Wildman–Crippen LogP) is 3.28. The molecule has 1 fully saturated rings. The molecule has 0 amide bonds. The van der Waals surface area contributed by atoms with Crippen molar-refractivity contribution >= 4 is 0 Å². The molecule has 190 valence electrons. The van der Waals surface area contributed by atoms with Gasteiger partial charge in [-0.25, -0.2) is 4.98 Å². The van der Waals surface area contributed by atoms with Crippen molar-refractivity contribution in [2.24, 2.45) is 5.92 Å². The van der Waals surface area contributed by atoms with Gasteiger partial charge in [0.15, 0.2) is 5.60 Å². The second kappa shape index (κ2) is 10.2. The highest BCUT2D eigenvalue weighted by atomic mass is 16.5. The Hall–Kier alpha value is -3.95. The Labute approximate surface area is 216 Å². The van der Waals surface area contributed by atoms with E-state index in [1.165, 1.54) is 7.11 Å². The molecule has 1 aliphatic carbocycles. The first kappa shape index (κ1) is 26.1. The number of pyridine rings is 1.